The maximum atomic E-state index is 14.0. The Morgan fingerprint density at radius 1 is 0.942 bits per heavy atom. The van der Waals surface area contributed by atoms with Gasteiger partial charge in [-0.05, 0) is 84.1 Å². The predicted octanol–water partition coefficient (Wildman–Crippen LogP) is 5.88. The Morgan fingerprint density at radius 3 is 2.35 bits per heavy atom. The van der Waals surface area contributed by atoms with Gasteiger partial charge in [-0.1, -0.05) is 89.7 Å². The van der Waals surface area contributed by atoms with Gasteiger partial charge in [-0.3, -0.25) is 25.1 Å². The van der Waals surface area contributed by atoms with Crippen molar-refractivity contribution in [1.29, 1.82) is 0 Å². The van der Waals surface area contributed by atoms with Crippen LogP contribution in [0.3, 0.4) is 0 Å². The van der Waals surface area contributed by atoms with Crippen LogP contribution in [0.2, 0.25) is 0 Å². The van der Waals surface area contributed by atoms with Crippen LogP contribution in [0, 0.1) is 5.92 Å². The van der Waals surface area contributed by atoms with Crippen LogP contribution in [0.15, 0.2) is 12.2 Å². The third-order valence-electron chi connectivity index (χ3n) is 12.4. The molecule has 52 heavy (non-hydrogen) atoms. The maximum Gasteiger partial charge on any atom is 0.314 e. The van der Waals surface area contributed by atoms with E-state index < -0.39 is 11.8 Å². The summed E-state index contributed by atoms with van der Waals surface area (Å²) in [5, 5.41) is 20.5. The second-order valence-corrected chi connectivity index (χ2v) is 16.5. The van der Waals surface area contributed by atoms with Crippen molar-refractivity contribution >= 4 is 11.9 Å². The number of allylic oxidation sites excluding steroid dienone is 1. The van der Waals surface area contributed by atoms with Gasteiger partial charge in [-0.2, -0.15) is 0 Å². The Hall–Kier alpha value is -1.60. The van der Waals surface area contributed by atoms with E-state index in [1.54, 1.807) is 0 Å². The zero-order valence-electron chi connectivity index (χ0n) is 32.6. The first kappa shape index (κ1) is 41.6. The molecule has 2 spiro atoms. The normalized spacial score (nSPS) is 33.5. The lowest BCUT2D eigenvalue weighted by Crippen LogP contribution is -2.81. The number of aliphatic hydroxyl groups excluding tert-OH is 1. The van der Waals surface area contributed by atoms with E-state index in [0.717, 1.165) is 96.3 Å². The van der Waals surface area contributed by atoms with Crippen molar-refractivity contribution in [3.05, 3.63) is 12.2 Å². The first-order chi connectivity index (χ1) is 25.3. The molecule has 11 nitrogen and oxygen atoms in total. The highest BCUT2D eigenvalue weighted by Crippen LogP contribution is 2.50. The van der Waals surface area contributed by atoms with Crippen LogP contribution in [0.5, 0.6) is 0 Å². The van der Waals surface area contributed by atoms with E-state index in [1.165, 1.54) is 44.9 Å². The molecule has 0 aromatic carbocycles. The van der Waals surface area contributed by atoms with E-state index in [4.69, 9.17) is 19.9 Å². The third kappa shape index (κ3) is 11.2. The van der Waals surface area contributed by atoms with Crippen LogP contribution in [-0.2, 0) is 23.8 Å². The molecule has 0 aromatic heterocycles. The molecule has 2 unspecified atom stereocenters. The number of unbranched alkanes of at least 4 members (excludes halogenated alkanes) is 11. The molecule has 5 aliphatic heterocycles. The summed E-state index contributed by atoms with van der Waals surface area (Å²) in [5.41, 5.74) is 4.39. The molecule has 0 aromatic rings. The standard InChI is InChI=1S/C41H73N5O6/c1-3-4-20-33-24-26-40(52-33)30-32-22-23-34-36(41(25-17-19-31(2)51-41)45-39(44-40)46(32)34)38(49)50-29-16-14-12-10-8-6-5-7-9-11-13-15-21-35(47)37(48)43-28-18-27-42/h4,20,31-36,39,44-45,47H,3,5-19,21-30,42H2,1-2H3,(H,43,48)/b20-4+/t31-,32+,33+,34-,35?,36-,39?,40+,41-/m0/s1. The number of nitrogens with zero attached hydrogens (tertiary/aromatic N) is 1. The minimum atomic E-state index is -0.899. The zero-order chi connectivity index (χ0) is 36.8. The number of carbonyl (C=O) groups is 2. The van der Waals surface area contributed by atoms with E-state index in [-0.39, 0.29) is 48.1 Å². The van der Waals surface area contributed by atoms with Gasteiger partial charge in [0.1, 0.15) is 29.8 Å². The number of carbonyl (C=O) groups excluding carboxylic acids is 2. The lowest BCUT2D eigenvalue weighted by Gasteiger charge is -2.60. The van der Waals surface area contributed by atoms with E-state index in [1.807, 2.05) is 0 Å². The number of aliphatic hydroxyl groups is 1. The van der Waals surface area contributed by atoms with Crippen LogP contribution in [0.4, 0.5) is 0 Å². The molecule has 11 heteroatoms. The van der Waals surface area contributed by atoms with Crippen molar-refractivity contribution in [2.24, 2.45) is 11.7 Å². The van der Waals surface area contributed by atoms with E-state index in [2.05, 4.69) is 46.8 Å². The van der Waals surface area contributed by atoms with Gasteiger partial charge < -0.3 is 30.4 Å². The largest absolute Gasteiger partial charge is 0.465 e. The summed E-state index contributed by atoms with van der Waals surface area (Å²) in [6.45, 7) is 5.86. The highest BCUT2D eigenvalue weighted by atomic mass is 16.6. The maximum absolute atomic E-state index is 14.0. The molecule has 0 aliphatic carbocycles. The van der Waals surface area contributed by atoms with Crippen molar-refractivity contribution < 1.29 is 28.9 Å². The molecule has 1 amide bonds. The minimum Gasteiger partial charge on any atom is -0.465 e. The molecular weight excluding hydrogens is 658 g/mol. The van der Waals surface area contributed by atoms with E-state index in [0.29, 0.717) is 32.2 Å². The summed E-state index contributed by atoms with van der Waals surface area (Å²) in [6.07, 6.45) is 27.7. The first-order valence-electron chi connectivity index (χ1n) is 21.5. The molecule has 9 atom stereocenters. The predicted molar refractivity (Wildman–Crippen MR) is 204 cm³/mol. The molecule has 0 bridgehead atoms. The number of hydrogen-bond donors (Lipinski definition) is 5. The van der Waals surface area contributed by atoms with Gasteiger partial charge in [0, 0.05) is 25.0 Å². The molecule has 298 valence electrons. The Labute approximate surface area is 314 Å². The molecule has 5 heterocycles. The van der Waals surface area contributed by atoms with Crippen molar-refractivity contribution in [2.45, 2.75) is 210 Å². The average molecular weight is 732 g/mol. The topological polar surface area (TPSA) is 147 Å². The summed E-state index contributed by atoms with van der Waals surface area (Å²) in [7, 11) is 0. The van der Waals surface area contributed by atoms with Crippen LogP contribution in [0.1, 0.15) is 162 Å². The lowest BCUT2D eigenvalue weighted by molar-refractivity contribution is -0.250. The number of nitrogens with two attached hydrogens (primary N) is 1. The Morgan fingerprint density at radius 2 is 1.65 bits per heavy atom. The summed E-state index contributed by atoms with van der Waals surface area (Å²) in [6, 6.07) is 0.484. The van der Waals surface area contributed by atoms with Gasteiger partial charge in [-0.25, -0.2) is 0 Å². The smallest absolute Gasteiger partial charge is 0.314 e. The number of rotatable bonds is 22. The number of hydrogen-bond acceptors (Lipinski definition) is 10. The quantitative estimate of drug-likeness (QED) is 0.0520. The van der Waals surface area contributed by atoms with Gasteiger partial charge in [0.2, 0.25) is 5.91 Å². The summed E-state index contributed by atoms with van der Waals surface area (Å²) in [5.74, 6) is -0.694. The molecule has 0 radical (unpaired) electrons. The molecular formula is C41H73N5O6. The van der Waals surface area contributed by atoms with Gasteiger partial charge >= 0.3 is 5.97 Å². The molecule has 5 fully saturated rings. The SMILES string of the molecule is CC/C=C/[C@@H]1CC[C@]2(C[C@H]3CC[C@H]4[C@@H](C(=O)OCCCCCCCCCCCCCCC(O)C(=O)NCCCN)[C@@]5(CCC[C@H](C)O5)NC(N2)N34)O1. The molecule has 0 saturated carbocycles. The van der Waals surface area contributed by atoms with Gasteiger partial charge in [0.25, 0.3) is 0 Å². The second-order valence-electron chi connectivity index (χ2n) is 16.5. The van der Waals surface area contributed by atoms with E-state index >= 15 is 0 Å². The number of nitrogens with one attached hydrogen (secondary N) is 3. The van der Waals surface area contributed by atoms with Crippen LogP contribution in [-0.4, -0.2) is 89.7 Å². The number of amides is 1. The van der Waals surface area contributed by atoms with Crippen LogP contribution in [0.25, 0.3) is 0 Å². The van der Waals surface area contributed by atoms with Crippen molar-refractivity contribution in [1.82, 2.24) is 20.9 Å². The lowest BCUT2D eigenvalue weighted by atomic mass is 9.79. The van der Waals surface area contributed by atoms with Gasteiger partial charge in [0.05, 0.1) is 18.8 Å². The highest BCUT2D eigenvalue weighted by molar-refractivity contribution is 5.80. The molecule has 5 aliphatic rings. The molecule has 5 rings (SSSR count). The first-order valence-corrected chi connectivity index (χ1v) is 21.5. The highest BCUT2D eigenvalue weighted by Gasteiger charge is 2.64. The minimum absolute atomic E-state index is 0.0766. The summed E-state index contributed by atoms with van der Waals surface area (Å²) in [4.78, 5) is 28.3. The van der Waals surface area contributed by atoms with Gasteiger partial charge in [-0.15, -0.1) is 0 Å². The Kier molecular flexibility index (Phi) is 16.7. The fourth-order valence-electron chi connectivity index (χ4n) is 9.69. The van der Waals surface area contributed by atoms with Crippen molar-refractivity contribution in [3.63, 3.8) is 0 Å². The zero-order valence-corrected chi connectivity index (χ0v) is 32.6. The fourth-order valence-corrected chi connectivity index (χ4v) is 9.69. The van der Waals surface area contributed by atoms with Crippen LogP contribution >= 0.6 is 0 Å². The second kappa shape index (κ2) is 20.9. The summed E-state index contributed by atoms with van der Waals surface area (Å²) < 4.78 is 19.6. The average Bonchev–Trinajstić information content (AvgIpc) is 3.72. The van der Waals surface area contributed by atoms with Gasteiger partial charge in [0.15, 0.2) is 0 Å². The van der Waals surface area contributed by atoms with Crippen LogP contribution < -0.4 is 21.7 Å². The monoisotopic (exact) mass is 732 g/mol. The number of esters is 1. The summed E-state index contributed by atoms with van der Waals surface area (Å²) >= 11 is 0. The Balaban J connectivity index is 0.959. The Bertz CT molecular complexity index is 1130. The third-order valence-corrected chi connectivity index (χ3v) is 12.4. The fraction of sp³-hybridized carbons (Fsp3) is 0.902. The van der Waals surface area contributed by atoms with Crippen molar-refractivity contribution in [2.75, 3.05) is 19.7 Å². The van der Waals surface area contributed by atoms with E-state index in [9.17, 15) is 14.7 Å². The number of ether oxygens (including phenoxy) is 3. The molecule has 5 saturated heterocycles. The molecule has 6 N–H and O–H groups in total. The van der Waals surface area contributed by atoms with Crippen molar-refractivity contribution in [3.8, 4) is 0 Å².